The maximum Gasteiger partial charge on any atom is 0.244 e. The van der Waals surface area contributed by atoms with Crippen molar-refractivity contribution in [3.8, 4) is 0 Å². The Morgan fingerprint density at radius 2 is 2.04 bits per heavy atom. The minimum atomic E-state index is 0.133. The van der Waals surface area contributed by atoms with Gasteiger partial charge >= 0.3 is 0 Å². The SMILES string of the molecule is CCNC(=NCC(=O)N1CCCC1)NCC1Cc2ccccc21. The topological polar surface area (TPSA) is 56.7 Å². The lowest BCUT2D eigenvalue weighted by Crippen LogP contribution is -2.42. The van der Waals surface area contributed by atoms with E-state index in [2.05, 4.69) is 39.9 Å². The molecule has 3 rings (SSSR count). The zero-order chi connectivity index (χ0) is 16.1. The first-order valence-electron chi connectivity index (χ1n) is 8.65. The number of nitrogens with zero attached hydrogens (tertiary/aromatic N) is 2. The lowest BCUT2D eigenvalue weighted by Gasteiger charge is -2.30. The highest BCUT2D eigenvalue weighted by Crippen LogP contribution is 2.33. The molecule has 5 heteroatoms. The molecule has 1 heterocycles. The van der Waals surface area contributed by atoms with Crippen LogP contribution < -0.4 is 10.6 Å². The molecule has 5 nitrogen and oxygen atoms in total. The summed E-state index contributed by atoms with van der Waals surface area (Å²) in [7, 11) is 0. The van der Waals surface area contributed by atoms with Crippen LogP contribution in [0, 0.1) is 0 Å². The summed E-state index contributed by atoms with van der Waals surface area (Å²) in [5.74, 6) is 1.42. The second kappa shape index (κ2) is 7.49. The first kappa shape index (κ1) is 15.8. The monoisotopic (exact) mass is 314 g/mol. The molecule has 1 aromatic rings. The van der Waals surface area contributed by atoms with Crippen LogP contribution in [0.15, 0.2) is 29.3 Å². The highest BCUT2D eigenvalue weighted by molar-refractivity contribution is 5.85. The summed E-state index contributed by atoms with van der Waals surface area (Å²) in [4.78, 5) is 18.4. The minimum Gasteiger partial charge on any atom is -0.357 e. The van der Waals surface area contributed by atoms with Crippen molar-refractivity contribution in [3.05, 3.63) is 35.4 Å². The van der Waals surface area contributed by atoms with Gasteiger partial charge < -0.3 is 15.5 Å². The quantitative estimate of drug-likeness (QED) is 0.640. The number of hydrogen-bond donors (Lipinski definition) is 2. The van der Waals surface area contributed by atoms with Crippen LogP contribution in [0.2, 0.25) is 0 Å². The summed E-state index contributed by atoms with van der Waals surface area (Å²) < 4.78 is 0. The van der Waals surface area contributed by atoms with Gasteiger partial charge in [0.1, 0.15) is 6.54 Å². The molecular weight excluding hydrogens is 288 g/mol. The fraction of sp³-hybridized carbons (Fsp3) is 0.556. The molecule has 0 bridgehead atoms. The van der Waals surface area contributed by atoms with Crippen molar-refractivity contribution >= 4 is 11.9 Å². The lowest BCUT2D eigenvalue weighted by atomic mass is 9.78. The Hall–Kier alpha value is -2.04. The molecule has 1 aliphatic heterocycles. The number of carbonyl (C=O) groups excluding carboxylic acids is 1. The third-order valence-electron chi connectivity index (χ3n) is 4.65. The summed E-state index contributed by atoms with van der Waals surface area (Å²) in [6.45, 7) is 5.70. The van der Waals surface area contributed by atoms with E-state index in [0.717, 1.165) is 51.4 Å². The first-order valence-corrected chi connectivity index (χ1v) is 8.65. The van der Waals surface area contributed by atoms with Crippen molar-refractivity contribution in [1.29, 1.82) is 0 Å². The van der Waals surface area contributed by atoms with Gasteiger partial charge in [-0.3, -0.25) is 4.79 Å². The molecule has 1 saturated heterocycles. The first-order chi connectivity index (χ1) is 11.3. The Morgan fingerprint density at radius 1 is 1.26 bits per heavy atom. The molecule has 23 heavy (non-hydrogen) atoms. The van der Waals surface area contributed by atoms with E-state index in [4.69, 9.17) is 0 Å². The molecule has 2 aliphatic rings. The van der Waals surface area contributed by atoms with Crippen LogP contribution in [0.1, 0.15) is 36.8 Å². The zero-order valence-corrected chi connectivity index (χ0v) is 13.8. The van der Waals surface area contributed by atoms with E-state index in [1.165, 1.54) is 11.1 Å². The number of amides is 1. The van der Waals surface area contributed by atoms with E-state index < -0.39 is 0 Å². The van der Waals surface area contributed by atoms with Gasteiger partial charge in [0, 0.05) is 32.1 Å². The average Bonchev–Trinajstić information content (AvgIpc) is 3.07. The van der Waals surface area contributed by atoms with Crippen molar-refractivity contribution in [2.45, 2.75) is 32.1 Å². The molecule has 0 radical (unpaired) electrons. The number of hydrogen-bond acceptors (Lipinski definition) is 2. The summed E-state index contributed by atoms with van der Waals surface area (Å²) in [6, 6.07) is 8.59. The number of guanidine groups is 1. The molecule has 1 aliphatic carbocycles. The van der Waals surface area contributed by atoms with E-state index in [1.807, 2.05) is 11.8 Å². The van der Waals surface area contributed by atoms with Crippen LogP contribution in [0.3, 0.4) is 0 Å². The molecule has 1 atom stereocenters. The van der Waals surface area contributed by atoms with Crippen molar-refractivity contribution in [3.63, 3.8) is 0 Å². The van der Waals surface area contributed by atoms with Crippen molar-refractivity contribution in [2.24, 2.45) is 4.99 Å². The Kier molecular flexibility index (Phi) is 5.16. The van der Waals surface area contributed by atoms with Crippen molar-refractivity contribution < 1.29 is 4.79 Å². The van der Waals surface area contributed by atoms with Crippen LogP contribution in [-0.4, -0.2) is 49.5 Å². The van der Waals surface area contributed by atoms with Gasteiger partial charge in [0.05, 0.1) is 0 Å². The standard InChI is InChI=1S/C18H26N4O/c1-2-19-18(21-13-17(23)22-9-5-6-10-22)20-12-15-11-14-7-3-4-8-16(14)15/h3-4,7-8,15H,2,5-6,9-13H2,1H3,(H2,19,20,21). The second-order valence-electron chi connectivity index (χ2n) is 6.26. The summed E-state index contributed by atoms with van der Waals surface area (Å²) in [5.41, 5.74) is 2.88. The molecule has 1 fully saturated rings. The van der Waals surface area contributed by atoms with Crippen molar-refractivity contribution in [2.75, 3.05) is 32.7 Å². The van der Waals surface area contributed by atoms with E-state index in [9.17, 15) is 4.79 Å². The molecule has 1 aromatic carbocycles. The number of carbonyl (C=O) groups is 1. The molecule has 0 spiro atoms. The van der Waals surface area contributed by atoms with Crippen LogP contribution in [0.4, 0.5) is 0 Å². The van der Waals surface area contributed by atoms with Gasteiger partial charge in [-0.2, -0.15) is 0 Å². The summed E-state index contributed by atoms with van der Waals surface area (Å²) in [6.07, 6.45) is 3.36. The van der Waals surface area contributed by atoms with Crippen LogP contribution >= 0.6 is 0 Å². The van der Waals surface area contributed by atoms with E-state index in [0.29, 0.717) is 5.92 Å². The normalized spacial score (nSPS) is 20.0. The Bertz CT molecular complexity index is 578. The smallest absolute Gasteiger partial charge is 0.244 e. The van der Waals surface area contributed by atoms with E-state index in [1.54, 1.807) is 0 Å². The molecule has 1 unspecified atom stereocenters. The van der Waals surface area contributed by atoms with Gasteiger partial charge in [0.15, 0.2) is 5.96 Å². The highest BCUT2D eigenvalue weighted by Gasteiger charge is 2.25. The van der Waals surface area contributed by atoms with Crippen LogP contribution in [-0.2, 0) is 11.2 Å². The van der Waals surface area contributed by atoms with Gasteiger partial charge in [-0.15, -0.1) is 0 Å². The number of benzene rings is 1. The Balaban J connectivity index is 1.50. The van der Waals surface area contributed by atoms with Crippen molar-refractivity contribution in [1.82, 2.24) is 15.5 Å². The highest BCUT2D eigenvalue weighted by atomic mass is 16.2. The maximum absolute atomic E-state index is 12.1. The van der Waals surface area contributed by atoms with Crippen LogP contribution in [0.5, 0.6) is 0 Å². The van der Waals surface area contributed by atoms with Gasteiger partial charge in [0.2, 0.25) is 5.91 Å². The maximum atomic E-state index is 12.1. The van der Waals surface area contributed by atoms with E-state index in [-0.39, 0.29) is 12.5 Å². The fourth-order valence-corrected chi connectivity index (χ4v) is 3.32. The molecule has 0 saturated carbocycles. The average molecular weight is 314 g/mol. The van der Waals surface area contributed by atoms with Crippen LogP contribution in [0.25, 0.3) is 0 Å². The van der Waals surface area contributed by atoms with Gasteiger partial charge in [0.25, 0.3) is 0 Å². The third kappa shape index (κ3) is 3.84. The van der Waals surface area contributed by atoms with E-state index >= 15 is 0 Å². The summed E-state index contributed by atoms with van der Waals surface area (Å²) >= 11 is 0. The van der Waals surface area contributed by atoms with Gasteiger partial charge in [-0.1, -0.05) is 24.3 Å². The number of likely N-dealkylation sites (tertiary alicyclic amines) is 1. The lowest BCUT2D eigenvalue weighted by molar-refractivity contribution is -0.128. The molecular formula is C18H26N4O. The molecule has 2 N–H and O–H groups in total. The predicted molar refractivity (Wildman–Crippen MR) is 92.7 cm³/mol. The predicted octanol–water partition coefficient (Wildman–Crippen LogP) is 1.50. The third-order valence-corrected chi connectivity index (χ3v) is 4.65. The molecule has 0 aromatic heterocycles. The number of nitrogens with one attached hydrogen (secondary N) is 2. The zero-order valence-electron chi connectivity index (χ0n) is 13.8. The summed E-state index contributed by atoms with van der Waals surface area (Å²) in [5, 5.41) is 6.60. The molecule has 124 valence electrons. The van der Waals surface area contributed by atoms with Gasteiger partial charge in [-0.05, 0) is 37.3 Å². The molecule has 1 amide bonds. The minimum absolute atomic E-state index is 0.133. The second-order valence-corrected chi connectivity index (χ2v) is 6.26. The Labute approximate surface area is 138 Å². The number of fused-ring (bicyclic) bond motifs is 1. The van der Waals surface area contributed by atoms with Gasteiger partial charge in [-0.25, -0.2) is 4.99 Å². The number of aliphatic imine (C=N–C) groups is 1. The number of rotatable bonds is 5. The largest absolute Gasteiger partial charge is 0.357 e. The Morgan fingerprint density at radius 3 is 2.78 bits per heavy atom. The fourth-order valence-electron chi connectivity index (χ4n) is 3.32.